The van der Waals surface area contributed by atoms with Crippen LogP contribution >= 0.6 is 11.3 Å². The minimum absolute atomic E-state index is 0.0173. The minimum Gasteiger partial charge on any atom is -0.748 e. The molecule has 0 aliphatic carbocycles. The van der Waals surface area contributed by atoms with Gasteiger partial charge in [0, 0.05) is 55.5 Å². The highest BCUT2D eigenvalue weighted by atomic mass is 32.2. The number of aryl methyl sites for hydroxylation is 2. The van der Waals surface area contributed by atoms with E-state index in [9.17, 15) is 50.1 Å². The maximum absolute atomic E-state index is 16.9. The van der Waals surface area contributed by atoms with Crippen LogP contribution in [0.25, 0.3) is 6.08 Å². The average molecular weight is 992 g/mol. The zero-order valence-electron chi connectivity index (χ0n) is 37.7. The lowest BCUT2D eigenvalue weighted by atomic mass is 9.88. The van der Waals surface area contributed by atoms with Crippen LogP contribution in [0, 0.1) is 6.92 Å². The summed E-state index contributed by atoms with van der Waals surface area (Å²) in [4.78, 5) is 76.7. The van der Waals surface area contributed by atoms with Crippen LogP contribution in [0.3, 0.4) is 0 Å². The summed E-state index contributed by atoms with van der Waals surface area (Å²) in [5.41, 5.74) is 2.83. The van der Waals surface area contributed by atoms with E-state index in [4.69, 9.17) is 14.7 Å². The van der Waals surface area contributed by atoms with Gasteiger partial charge in [-0.2, -0.15) is 13.2 Å². The highest BCUT2D eigenvalue weighted by Gasteiger charge is 2.54. The number of likely N-dealkylation sites (N-methyl/N-ethyl adjacent to an activating group) is 1. The van der Waals surface area contributed by atoms with E-state index < -0.39 is 70.6 Å². The summed E-state index contributed by atoms with van der Waals surface area (Å²) in [6.07, 6.45) is 1.26. The maximum atomic E-state index is 16.9. The van der Waals surface area contributed by atoms with Gasteiger partial charge >= 0.3 is 19.1 Å². The summed E-state index contributed by atoms with van der Waals surface area (Å²) in [5.74, 6) is -7.60. The Balaban J connectivity index is 0.00000129. The number of aromatic nitrogens is 1. The summed E-state index contributed by atoms with van der Waals surface area (Å²) >= 11 is 1.37. The molecule has 5 heterocycles. The molecule has 0 aromatic carbocycles. The van der Waals surface area contributed by atoms with Gasteiger partial charge in [0.15, 0.2) is 11.4 Å². The molecule has 18 nitrogen and oxygen atoms in total. The molecule has 5 rings (SSSR count). The average Bonchev–Trinajstić information content (AvgIpc) is 4.00. The number of imide groups is 1. The zero-order chi connectivity index (χ0) is 50.1. The number of thiophene rings is 1. The van der Waals surface area contributed by atoms with Crippen LogP contribution in [0.15, 0.2) is 40.9 Å². The molecule has 3 N–H and O–H groups in total. The van der Waals surface area contributed by atoms with Crippen molar-refractivity contribution in [3.63, 3.8) is 0 Å². The van der Waals surface area contributed by atoms with Crippen molar-refractivity contribution in [2.45, 2.75) is 83.4 Å². The Morgan fingerprint density at radius 3 is 2.25 bits per heavy atom. The fourth-order valence-electron chi connectivity index (χ4n) is 7.59. The maximum Gasteiger partial charge on any atom is 0.737 e. The molecule has 2 aromatic heterocycles. The number of halogens is 5. The van der Waals surface area contributed by atoms with Crippen LogP contribution in [0.4, 0.5) is 21.8 Å². The van der Waals surface area contributed by atoms with Crippen LogP contribution in [0.5, 0.6) is 0 Å². The van der Waals surface area contributed by atoms with Gasteiger partial charge in [0.25, 0.3) is 11.8 Å². The Morgan fingerprint density at radius 2 is 1.67 bits per heavy atom. The monoisotopic (exact) mass is 991 g/mol. The Hall–Kier alpha value is -5.31. The number of rotatable bonds is 22. The zero-order valence-corrected chi connectivity index (χ0v) is 39.3. The number of fused-ring (bicyclic) bond motifs is 2. The number of amides is 4. The van der Waals surface area contributed by atoms with E-state index in [0.717, 1.165) is 36.9 Å². The molecule has 1 unspecified atom stereocenters. The summed E-state index contributed by atoms with van der Waals surface area (Å²) in [7, 11) is 3.17. The Morgan fingerprint density at radius 1 is 1.01 bits per heavy atom. The highest BCUT2D eigenvalue weighted by Crippen LogP contribution is 2.40. The lowest BCUT2D eigenvalue weighted by Gasteiger charge is -2.32. The first-order chi connectivity index (χ1) is 31.1. The Bertz CT molecular complexity index is 2380. The fraction of sp³-hybridized carbons (Fsp3) is 0.537. The Kier molecular flexibility index (Phi) is 18.4. The first-order valence-electron chi connectivity index (χ1n) is 21.4. The van der Waals surface area contributed by atoms with E-state index >= 15 is 8.63 Å². The molecule has 0 bridgehead atoms. The molecule has 0 saturated carbocycles. The third-order valence-corrected chi connectivity index (χ3v) is 12.5. The van der Waals surface area contributed by atoms with Gasteiger partial charge in [-0.15, -0.1) is 16.4 Å². The number of carboxylic acid groups (broad SMARTS) is 1. The number of quaternary nitrogens is 2. The van der Waals surface area contributed by atoms with Crippen molar-refractivity contribution in [1.82, 2.24) is 20.2 Å². The minimum atomic E-state index is -5.19. The number of nitrogens with zero attached hydrogens (tertiary/aromatic N) is 4. The largest absolute Gasteiger partial charge is 0.748 e. The number of hydroxylamine groups is 2. The standard InChI is InChI=1S/C39H54BF2N7O9S2.C2HF3O2/c1-27-23-29(46-31(27)25-32-28(11-9-21-49(3,4)5)24-33(34-12-10-22-59-34)47(32)40(46,41)42)14-15-35(50)44-30(26-60(55,56)57)39(54)43-18-20-45(2)19-8-6-7-13-38(53)58-48-36(51)16-17-37(48)52;3-2(4,5)1(6)7/h10,12,22-25,30H,6-9,11,13-21,26H2,1-5H3,(H2-,43,44,50,54,55,56,57);(H,6,7)/t30-;/m0./s1. The summed E-state index contributed by atoms with van der Waals surface area (Å²) in [6, 6.07) is 3.55. The van der Waals surface area contributed by atoms with Gasteiger partial charge in [-0.3, -0.25) is 19.2 Å². The number of hydrogen-bond acceptors (Lipinski definition) is 12. The number of carbonyl (C=O) groups excluding carboxylic acids is 6. The summed E-state index contributed by atoms with van der Waals surface area (Å²) in [6.45, 7) is -0.647. The van der Waals surface area contributed by atoms with Gasteiger partial charge in [-0.25, -0.2) is 13.2 Å². The molecule has 4 amide bonds. The first kappa shape index (κ1) is 54.3. The third kappa shape index (κ3) is 15.6. The second-order valence-corrected chi connectivity index (χ2v) is 19.8. The van der Waals surface area contributed by atoms with Gasteiger partial charge in [-0.05, 0) is 67.8 Å². The number of carbonyl (C=O) groups is 6. The second kappa shape index (κ2) is 22.7. The van der Waals surface area contributed by atoms with E-state index in [-0.39, 0.29) is 44.3 Å². The first-order valence-corrected chi connectivity index (χ1v) is 23.9. The number of carboxylic acids is 1. The van der Waals surface area contributed by atoms with Crippen molar-refractivity contribution in [3.05, 3.63) is 62.8 Å². The summed E-state index contributed by atoms with van der Waals surface area (Å²) in [5, 5.41) is 16.0. The molecule has 0 spiro atoms. The molecule has 26 heteroatoms. The molecule has 3 aliphatic rings. The lowest BCUT2D eigenvalue weighted by Crippen LogP contribution is -3.09. The molecule has 0 radical (unpaired) electrons. The molecule has 1 fully saturated rings. The predicted molar refractivity (Wildman–Crippen MR) is 231 cm³/mol. The number of allylic oxidation sites excluding steroid dienone is 2. The molecule has 67 heavy (non-hydrogen) atoms. The SMILES string of the molecule is Cc1cc(CCC(=O)N[C@@H](CS(=O)(=O)[O-])C(=O)NCC[NH+](C)CCCCCC(=O)ON2C(=O)CCC2=O)n2c1C=C1C(CCC[N+](C)(C)C)=CC(c3cccs3)=[N+]1[B-]2(F)F.O=C([O-])C(F)(F)F. The van der Waals surface area contributed by atoms with Crippen LogP contribution in [0.2, 0.25) is 0 Å². The number of nitrogens with one attached hydrogen (secondary N) is 3. The smallest absolute Gasteiger partial charge is 0.737 e. The van der Waals surface area contributed by atoms with Gasteiger partial charge in [0.2, 0.25) is 11.8 Å². The van der Waals surface area contributed by atoms with Gasteiger partial charge < -0.3 is 56.9 Å². The predicted octanol–water partition coefficient (Wildman–Crippen LogP) is 0.423. The van der Waals surface area contributed by atoms with Gasteiger partial charge in [0.05, 0.1) is 75.1 Å². The number of unbranched alkanes of at least 4 members (excludes halogenated alkanes) is 2. The van der Waals surface area contributed by atoms with Crippen LogP contribution in [-0.4, -0.2) is 152 Å². The topological polar surface area (TPSA) is 232 Å². The molecule has 370 valence electrons. The highest BCUT2D eigenvalue weighted by molar-refractivity contribution is 7.85. The summed E-state index contributed by atoms with van der Waals surface area (Å²) < 4.78 is 103. The van der Waals surface area contributed by atoms with Crippen molar-refractivity contribution in [2.75, 3.05) is 60.1 Å². The van der Waals surface area contributed by atoms with E-state index in [1.54, 1.807) is 19.1 Å². The van der Waals surface area contributed by atoms with E-state index in [1.165, 1.54) is 11.3 Å². The van der Waals surface area contributed by atoms with Crippen LogP contribution in [0.1, 0.15) is 79.6 Å². The molecular formula is C41H55BF5N7O11S2. The third-order valence-electron chi connectivity index (χ3n) is 10.9. The normalized spacial score (nSPS) is 16.6. The number of hydrogen-bond donors (Lipinski definition) is 3. The van der Waals surface area contributed by atoms with Crippen LogP contribution < -0.4 is 20.6 Å². The molecule has 2 aromatic rings. The van der Waals surface area contributed by atoms with E-state index in [0.29, 0.717) is 71.4 Å². The molecular weight excluding hydrogens is 936 g/mol. The van der Waals surface area contributed by atoms with Crippen molar-refractivity contribution < 1.29 is 87.4 Å². The van der Waals surface area contributed by atoms with Crippen molar-refractivity contribution in [1.29, 1.82) is 0 Å². The fourth-order valence-corrected chi connectivity index (χ4v) is 8.98. The Labute approximate surface area is 388 Å². The van der Waals surface area contributed by atoms with Crippen molar-refractivity contribution >= 4 is 75.8 Å². The molecule has 2 atom stereocenters. The van der Waals surface area contributed by atoms with Gasteiger partial charge in [-0.1, -0.05) is 6.07 Å². The van der Waals surface area contributed by atoms with Crippen molar-refractivity contribution in [2.24, 2.45) is 0 Å². The van der Waals surface area contributed by atoms with E-state index in [1.807, 2.05) is 30.6 Å². The lowest BCUT2D eigenvalue weighted by molar-refractivity contribution is -0.878. The van der Waals surface area contributed by atoms with Crippen molar-refractivity contribution in [3.8, 4) is 0 Å². The number of aliphatic carboxylic acids is 1. The van der Waals surface area contributed by atoms with Gasteiger partial charge in [0.1, 0.15) is 12.0 Å². The molecule has 1 saturated heterocycles. The van der Waals surface area contributed by atoms with Crippen LogP contribution in [-0.2, 0) is 50.1 Å². The number of alkyl halides is 3. The second-order valence-electron chi connectivity index (χ2n) is 17.4. The van der Waals surface area contributed by atoms with E-state index in [2.05, 4.69) is 31.8 Å². The molecule has 3 aliphatic heterocycles. The quantitative estimate of drug-likeness (QED) is 0.0366.